The number of rotatable bonds is 5. The third kappa shape index (κ3) is 5.05. The highest BCUT2D eigenvalue weighted by molar-refractivity contribution is 5.92. The standard InChI is InChI=1S/C20H29N5O3/c26-19(22-15-5-6-15)14-3-4-16(23-20(27)18-2-1-9-21-24-18)13-25(12-14)17-7-10-28-11-8-17/h1-2,9,14-17H,3-8,10-13H2,(H,22,26)(H,23,27)/t14-,16+/m1/s1. The van der Waals surface area contributed by atoms with Crippen LogP contribution in [0.1, 0.15) is 49.0 Å². The van der Waals surface area contributed by atoms with E-state index >= 15 is 0 Å². The van der Waals surface area contributed by atoms with Gasteiger partial charge in [0.25, 0.3) is 5.91 Å². The fourth-order valence-corrected chi connectivity index (χ4v) is 4.13. The van der Waals surface area contributed by atoms with Gasteiger partial charge < -0.3 is 15.4 Å². The van der Waals surface area contributed by atoms with Crippen LogP contribution in [0.2, 0.25) is 0 Å². The minimum absolute atomic E-state index is 0.00363. The monoisotopic (exact) mass is 387 g/mol. The van der Waals surface area contributed by atoms with E-state index in [0.717, 1.165) is 64.8 Å². The average molecular weight is 387 g/mol. The predicted octanol–water partition coefficient (Wildman–Crippen LogP) is 0.745. The lowest BCUT2D eigenvalue weighted by Gasteiger charge is -2.36. The van der Waals surface area contributed by atoms with E-state index in [9.17, 15) is 9.59 Å². The van der Waals surface area contributed by atoms with Crippen LogP contribution in [0.15, 0.2) is 18.3 Å². The Morgan fingerprint density at radius 3 is 2.50 bits per heavy atom. The maximum Gasteiger partial charge on any atom is 0.272 e. The molecule has 0 aromatic carbocycles. The SMILES string of the molecule is O=C(N[C@H]1CC[C@@H](C(=O)NC2CC2)CN(C2CCOCC2)C1)c1cccnn1. The summed E-state index contributed by atoms with van der Waals surface area (Å²) in [6.07, 6.45) is 7.26. The van der Waals surface area contributed by atoms with Gasteiger partial charge in [-0.05, 0) is 50.7 Å². The second kappa shape index (κ2) is 8.96. The van der Waals surface area contributed by atoms with Gasteiger partial charge in [-0.1, -0.05) is 0 Å². The number of ether oxygens (including phenoxy) is 1. The molecule has 8 nitrogen and oxygen atoms in total. The molecule has 0 bridgehead atoms. The van der Waals surface area contributed by atoms with Crippen LogP contribution >= 0.6 is 0 Å². The minimum Gasteiger partial charge on any atom is -0.381 e. The fraction of sp³-hybridized carbons (Fsp3) is 0.700. The number of likely N-dealkylation sites (tertiary alicyclic amines) is 1. The molecule has 2 atom stereocenters. The smallest absolute Gasteiger partial charge is 0.272 e. The lowest BCUT2D eigenvalue weighted by molar-refractivity contribution is -0.126. The van der Waals surface area contributed by atoms with Gasteiger partial charge in [-0.25, -0.2) is 0 Å². The van der Waals surface area contributed by atoms with Crippen molar-refractivity contribution < 1.29 is 14.3 Å². The number of aromatic nitrogens is 2. The molecule has 1 saturated carbocycles. The summed E-state index contributed by atoms with van der Waals surface area (Å²) in [7, 11) is 0. The Kier molecular flexibility index (Phi) is 6.17. The number of carbonyl (C=O) groups excluding carboxylic acids is 2. The van der Waals surface area contributed by atoms with Crippen molar-refractivity contribution in [3.63, 3.8) is 0 Å². The van der Waals surface area contributed by atoms with E-state index in [2.05, 4.69) is 25.7 Å². The van der Waals surface area contributed by atoms with Gasteiger partial charge >= 0.3 is 0 Å². The zero-order valence-electron chi connectivity index (χ0n) is 16.2. The first-order chi connectivity index (χ1) is 13.7. The van der Waals surface area contributed by atoms with Crippen molar-refractivity contribution in [2.45, 2.75) is 56.7 Å². The third-order valence-electron chi connectivity index (χ3n) is 5.92. The van der Waals surface area contributed by atoms with E-state index in [0.29, 0.717) is 17.8 Å². The highest BCUT2D eigenvalue weighted by Crippen LogP contribution is 2.25. The molecule has 0 unspecified atom stereocenters. The molecule has 8 heteroatoms. The summed E-state index contributed by atoms with van der Waals surface area (Å²) < 4.78 is 5.52. The quantitative estimate of drug-likeness (QED) is 0.774. The normalized spacial score (nSPS) is 27.0. The van der Waals surface area contributed by atoms with Gasteiger partial charge in [0.2, 0.25) is 5.91 Å². The van der Waals surface area contributed by atoms with E-state index in [4.69, 9.17) is 4.74 Å². The molecule has 2 amide bonds. The van der Waals surface area contributed by atoms with Crippen molar-refractivity contribution >= 4 is 11.8 Å². The van der Waals surface area contributed by atoms with Crippen LogP contribution in [-0.2, 0) is 9.53 Å². The van der Waals surface area contributed by atoms with Gasteiger partial charge in [0.15, 0.2) is 5.69 Å². The summed E-state index contributed by atoms with van der Waals surface area (Å²) in [5.41, 5.74) is 0.326. The number of nitrogens with one attached hydrogen (secondary N) is 2. The third-order valence-corrected chi connectivity index (χ3v) is 5.92. The van der Waals surface area contributed by atoms with Crippen molar-refractivity contribution in [1.29, 1.82) is 0 Å². The van der Waals surface area contributed by atoms with Gasteiger partial charge in [0.1, 0.15) is 0 Å². The molecule has 0 radical (unpaired) electrons. The number of amides is 2. The number of carbonyl (C=O) groups is 2. The van der Waals surface area contributed by atoms with Crippen LogP contribution in [0, 0.1) is 5.92 Å². The van der Waals surface area contributed by atoms with Crippen LogP contribution in [0.3, 0.4) is 0 Å². The van der Waals surface area contributed by atoms with Gasteiger partial charge in [0, 0.05) is 50.6 Å². The van der Waals surface area contributed by atoms with E-state index in [1.807, 2.05) is 0 Å². The molecule has 2 saturated heterocycles. The van der Waals surface area contributed by atoms with Crippen LogP contribution in [0.25, 0.3) is 0 Å². The molecule has 152 valence electrons. The molecule has 2 N–H and O–H groups in total. The Morgan fingerprint density at radius 1 is 1.00 bits per heavy atom. The second-order valence-corrected chi connectivity index (χ2v) is 8.13. The van der Waals surface area contributed by atoms with E-state index in [1.165, 1.54) is 0 Å². The van der Waals surface area contributed by atoms with Gasteiger partial charge in [0.05, 0.1) is 5.92 Å². The van der Waals surface area contributed by atoms with Gasteiger partial charge in [-0.15, -0.1) is 5.10 Å². The topological polar surface area (TPSA) is 96.5 Å². The summed E-state index contributed by atoms with van der Waals surface area (Å²) in [5, 5.41) is 14.0. The molecule has 2 aliphatic heterocycles. The number of hydrogen-bond acceptors (Lipinski definition) is 6. The van der Waals surface area contributed by atoms with Crippen LogP contribution in [-0.4, -0.2) is 71.3 Å². The Labute approximate surface area is 165 Å². The van der Waals surface area contributed by atoms with Gasteiger partial charge in [-0.2, -0.15) is 5.10 Å². The highest BCUT2D eigenvalue weighted by atomic mass is 16.5. The number of hydrogen-bond donors (Lipinski definition) is 2. The molecule has 4 rings (SSSR count). The fourth-order valence-electron chi connectivity index (χ4n) is 4.13. The Balaban J connectivity index is 1.43. The van der Waals surface area contributed by atoms with E-state index in [-0.39, 0.29) is 23.8 Å². The zero-order valence-corrected chi connectivity index (χ0v) is 16.2. The Morgan fingerprint density at radius 2 is 1.79 bits per heavy atom. The maximum absolute atomic E-state index is 12.7. The maximum atomic E-state index is 12.7. The second-order valence-electron chi connectivity index (χ2n) is 8.13. The summed E-state index contributed by atoms with van der Waals surface area (Å²) in [5.74, 6) is -0.0618. The predicted molar refractivity (Wildman–Crippen MR) is 103 cm³/mol. The van der Waals surface area contributed by atoms with Crippen molar-refractivity contribution in [2.24, 2.45) is 5.92 Å². The molecule has 1 aliphatic carbocycles. The summed E-state index contributed by atoms with van der Waals surface area (Å²) in [6, 6.07) is 4.15. The highest BCUT2D eigenvalue weighted by Gasteiger charge is 2.35. The Hall–Kier alpha value is -2.06. The first-order valence-electron chi connectivity index (χ1n) is 10.4. The molecule has 0 spiro atoms. The lowest BCUT2D eigenvalue weighted by atomic mass is 10.00. The first-order valence-corrected chi connectivity index (χ1v) is 10.4. The summed E-state index contributed by atoms with van der Waals surface area (Å²) >= 11 is 0. The lowest BCUT2D eigenvalue weighted by Crippen LogP contribution is -2.49. The first kappa shape index (κ1) is 19.3. The van der Waals surface area contributed by atoms with Crippen molar-refractivity contribution in [3.05, 3.63) is 24.0 Å². The van der Waals surface area contributed by atoms with Crippen LogP contribution in [0.4, 0.5) is 0 Å². The molecule has 3 aliphatic rings. The summed E-state index contributed by atoms with van der Waals surface area (Å²) in [4.78, 5) is 27.7. The molecular formula is C20H29N5O3. The van der Waals surface area contributed by atoms with Crippen LogP contribution in [0.5, 0.6) is 0 Å². The average Bonchev–Trinajstić information content (AvgIpc) is 3.56. The van der Waals surface area contributed by atoms with Crippen molar-refractivity contribution in [2.75, 3.05) is 26.3 Å². The molecular weight excluding hydrogens is 358 g/mol. The van der Waals surface area contributed by atoms with Gasteiger partial charge in [-0.3, -0.25) is 14.5 Å². The molecule has 1 aromatic rings. The number of nitrogens with zero attached hydrogens (tertiary/aromatic N) is 3. The van der Waals surface area contributed by atoms with E-state index in [1.54, 1.807) is 18.3 Å². The molecule has 28 heavy (non-hydrogen) atoms. The van der Waals surface area contributed by atoms with Crippen LogP contribution < -0.4 is 10.6 Å². The van der Waals surface area contributed by atoms with Crippen molar-refractivity contribution in [1.82, 2.24) is 25.7 Å². The molecule has 3 fully saturated rings. The molecule has 3 heterocycles. The Bertz CT molecular complexity index is 676. The minimum atomic E-state index is -0.203. The molecule has 1 aromatic heterocycles. The summed E-state index contributed by atoms with van der Waals surface area (Å²) in [6.45, 7) is 3.03. The van der Waals surface area contributed by atoms with E-state index < -0.39 is 0 Å². The largest absolute Gasteiger partial charge is 0.381 e. The van der Waals surface area contributed by atoms with Crippen molar-refractivity contribution in [3.8, 4) is 0 Å². The zero-order chi connectivity index (χ0) is 19.3.